The number of unbranched alkanes of at least 4 members (excludes halogenated alkanes) is 1. The van der Waals surface area contributed by atoms with Gasteiger partial charge in [0.1, 0.15) is 0 Å². The summed E-state index contributed by atoms with van der Waals surface area (Å²) >= 11 is 0. The van der Waals surface area contributed by atoms with E-state index >= 15 is 0 Å². The van der Waals surface area contributed by atoms with Gasteiger partial charge in [-0.2, -0.15) is 0 Å². The van der Waals surface area contributed by atoms with Gasteiger partial charge in [-0.15, -0.1) is 0 Å². The van der Waals surface area contributed by atoms with Crippen molar-refractivity contribution in [2.75, 3.05) is 13.2 Å². The molecule has 0 amide bonds. The predicted molar refractivity (Wildman–Crippen MR) is 63.9 cm³/mol. The van der Waals surface area contributed by atoms with Crippen LogP contribution in [-0.2, 0) is 4.74 Å². The summed E-state index contributed by atoms with van der Waals surface area (Å²) in [6.07, 6.45) is 5.40. The van der Waals surface area contributed by atoms with Gasteiger partial charge in [0.15, 0.2) is 0 Å². The molecule has 0 bridgehead atoms. The molecule has 0 aliphatic heterocycles. The molecule has 0 aliphatic rings. The fourth-order valence-electron chi connectivity index (χ4n) is 1.48. The summed E-state index contributed by atoms with van der Waals surface area (Å²) in [5, 5.41) is 9.65. The Balaban J connectivity index is 3.32. The van der Waals surface area contributed by atoms with Crippen LogP contribution in [0.4, 0.5) is 0 Å². The molecule has 0 aromatic rings. The maximum absolute atomic E-state index is 9.65. The van der Waals surface area contributed by atoms with Crippen LogP contribution in [0.1, 0.15) is 52.9 Å². The summed E-state index contributed by atoms with van der Waals surface area (Å²) in [7, 11) is 0. The molecular formula is C12H27NO2. The third-order valence-corrected chi connectivity index (χ3v) is 2.65. The standard InChI is InChI=1S/C12H27NO2/c1-4-7-11(2)15-9-6-5-8-12(3,14)10-13/h11,14H,4-10,13H2,1-3H3. The highest BCUT2D eigenvalue weighted by Crippen LogP contribution is 2.12. The number of rotatable bonds is 9. The zero-order valence-electron chi connectivity index (χ0n) is 10.5. The maximum Gasteiger partial charge on any atom is 0.0741 e. The Morgan fingerprint density at radius 1 is 1.40 bits per heavy atom. The number of aliphatic hydroxyl groups is 1. The molecule has 0 aromatic carbocycles. The molecule has 0 radical (unpaired) electrons. The fraction of sp³-hybridized carbons (Fsp3) is 1.00. The first-order valence-electron chi connectivity index (χ1n) is 6.06. The molecular weight excluding hydrogens is 190 g/mol. The van der Waals surface area contributed by atoms with Crippen LogP contribution in [-0.4, -0.2) is 30.0 Å². The van der Waals surface area contributed by atoms with Gasteiger partial charge in [0.2, 0.25) is 0 Å². The van der Waals surface area contributed by atoms with Gasteiger partial charge in [-0.1, -0.05) is 13.3 Å². The van der Waals surface area contributed by atoms with E-state index in [2.05, 4.69) is 13.8 Å². The molecule has 2 unspecified atom stereocenters. The minimum absolute atomic E-state index is 0.333. The molecule has 92 valence electrons. The van der Waals surface area contributed by atoms with Crippen LogP contribution in [0.2, 0.25) is 0 Å². The normalized spacial score (nSPS) is 17.4. The average molecular weight is 217 g/mol. The van der Waals surface area contributed by atoms with Crippen LogP contribution in [0.25, 0.3) is 0 Å². The van der Waals surface area contributed by atoms with Crippen LogP contribution in [0.3, 0.4) is 0 Å². The molecule has 15 heavy (non-hydrogen) atoms. The molecule has 0 fully saturated rings. The largest absolute Gasteiger partial charge is 0.389 e. The van der Waals surface area contributed by atoms with Crippen molar-refractivity contribution in [3.63, 3.8) is 0 Å². The summed E-state index contributed by atoms with van der Waals surface area (Å²) in [5.74, 6) is 0. The van der Waals surface area contributed by atoms with Gasteiger partial charge in [0, 0.05) is 13.2 Å². The topological polar surface area (TPSA) is 55.5 Å². The van der Waals surface area contributed by atoms with Crippen molar-refractivity contribution >= 4 is 0 Å². The lowest BCUT2D eigenvalue weighted by Crippen LogP contribution is -2.33. The van der Waals surface area contributed by atoms with E-state index in [9.17, 15) is 5.11 Å². The summed E-state index contributed by atoms with van der Waals surface area (Å²) in [5.41, 5.74) is 4.73. The summed E-state index contributed by atoms with van der Waals surface area (Å²) in [6.45, 7) is 7.19. The molecule has 0 saturated carbocycles. The molecule has 3 heteroatoms. The van der Waals surface area contributed by atoms with Crippen LogP contribution in [0.5, 0.6) is 0 Å². The summed E-state index contributed by atoms with van der Waals surface area (Å²) in [6, 6.07) is 0. The molecule has 0 aromatic heterocycles. The molecule has 3 nitrogen and oxygen atoms in total. The molecule has 0 rings (SSSR count). The van der Waals surface area contributed by atoms with Crippen molar-refractivity contribution in [1.82, 2.24) is 0 Å². The highest BCUT2D eigenvalue weighted by Gasteiger charge is 2.16. The second kappa shape index (κ2) is 8.08. The van der Waals surface area contributed by atoms with E-state index in [0.29, 0.717) is 12.6 Å². The Bertz CT molecular complexity index is 149. The Morgan fingerprint density at radius 2 is 2.07 bits per heavy atom. The van der Waals surface area contributed by atoms with Gasteiger partial charge in [-0.05, 0) is 39.5 Å². The van der Waals surface area contributed by atoms with E-state index in [0.717, 1.165) is 32.3 Å². The van der Waals surface area contributed by atoms with Crippen molar-refractivity contribution in [3.05, 3.63) is 0 Å². The fourth-order valence-corrected chi connectivity index (χ4v) is 1.48. The minimum atomic E-state index is -0.699. The molecule has 0 spiro atoms. The van der Waals surface area contributed by atoms with E-state index in [-0.39, 0.29) is 0 Å². The monoisotopic (exact) mass is 217 g/mol. The van der Waals surface area contributed by atoms with E-state index < -0.39 is 5.60 Å². The lowest BCUT2D eigenvalue weighted by molar-refractivity contribution is 0.0398. The van der Waals surface area contributed by atoms with E-state index in [1.807, 2.05) is 0 Å². The predicted octanol–water partition coefficient (Wildman–Crippen LogP) is 2.07. The van der Waals surface area contributed by atoms with Crippen LogP contribution in [0.15, 0.2) is 0 Å². The zero-order valence-corrected chi connectivity index (χ0v) is 10.5. The lowest BCUT2D eigenvalue weighted by atomic mass is 10.00. The first-order valence-corrected chi connectivity index (χ1v) is 6.06. The Morgan fingerprint density at radius 3 is 2.60 bits per heavy atom. The average Bonchev–Trinajstić information content (AvgIpc) is 2.17. The number of hydrogen-bond acceptors (Lipinski definition) is 3. The van der Waals surface area contributed by atoms with Gasteiger partial charge < -0.3 is 15.6 Å². The third kappa shape index (κ3) is 8.85. The van der Waals surface area contributed by atoms with Crippen LogP contribution < -0.4 is 5.73 Å². The zero-order chi connectivity index (χ0) is 11.7. The molecule has 0 saturated heterocycles. The van der Waals surface area contributed by atoms with Gasteiger partial charge in [0.05, 0.1) is 11.7 Å². The first kappa shape index (κ1) is 14.9. The summed E-state index contributed by atoms with van der Waals surface area (Å²) < 4.78 is 5.62. The Labute approximate surface area is 94.0 Å². The smallest absolute Gasteiger partial charge is 0.0741 e. The highest BCUT2D eigenvalue weighted by atomic mass is 16.5. The van der Waals surface area contributed by atoms with Crippen molar-refractivity contribution in [2.45, 2.75) is 64.6 Å². The van der Waals surface area contributed by atoms with Crippen molar-refractivity contribution in [1.29, 1.82) is 0 Å². The third-order valence-electron chi connectivity index (χ3n) is 2.65. The molecule has 2 atom stereocenters. The van der Waals surface area contributed by atoms with Crippen LogP contribution in [0, 0.1) is 0 Å². The summed E-state index contributed by atoms with van der Waals surface area (Å²) in [4.78, 5) is 0. The van der Waals surface area contributed by atoms with Gasteiger partial charge in [0.25, 0.3) is 0 Å². The second-order valence-electron chi connectivity index (χ2n) is 4.63. The first-order chi connectivity index (χ1) is 7.02. The number of nitrogens with two attached hydrogens (primary N) is 1. The Kier molecular flexibility index (Phi) is 8.02. The molecule has 0 heterocycles. The van der Waals surface area contributed by atoms with Gasteiger partial charge in [-0.25, -0.2) is 0 Å². The van der Waals surface area contributed by atoms with Crippen molar-refractivity contribution in [2.24, 2.45) is 5.73 Å². The minimum Gasteiger partial charge on any atom is -0.389 e. The lowest BCUT2D eigenvalue weighted by Gasteiger charge is -2.20. The number of ether oxygens (including phenoxy) is 1. The molecule has 0 aliphatic carbocycles. The second-order valence-corrected chi connectivity index (χ2v) is 4.63. The van der Waals surface area contributed by atoms with Gasteiger partial charge >= 0.3 is 0 Å². The van der Waals surface area contributed by atoms with E-state index in [1.165, 1.54) is 6.42 Å². The van der Waals surface area contributed by atoms with Crippen molar-refractivity contribution < 1.29 is 9.84 Å². The Hall–Kier alpha value is -0.120. The quantitative estimate of drug-likeness (QED) is 0.581. The van der Waals surface area contributed by atoms with E-state index in [1.54, 1.807) is 6.92 Å². The highest BCUT2D eigenvalue weighted by molar-refractivity contribution is 4.72. The van der Waals surface area contributed by atoms with Crippen molar-refractivity contribution in [3.8, 4) is 0 Å². The molecule has 3 N–H and O–H groups in total. The van der Waals surface area contributed by atoms with E-state index in [4.69, 9.17) is 10.5 Å². The van der Waals surface area contributed by atoms with Crippen LogP contribution >= 0.6 is 0 Å². The SMILES string of the molecule is CCCC(C)OCCCCC(C)(O)CN. The maximum atomic E-state index is 9.65. The van der Waals surface area contributed by atoms with Gasteiger partial charge in [-0.3, -0.25) is 0 Å². The number of hydrogen-bond donors (Lipinski definition) is 2.